The highest BCUT2D eigenvalue weighted by atomic mass is 35.5. The second kappa shape index (κ2) is 12.4. The van der Waals surface area contributed by atoms with Crippen molar-refractivity contribution in [2.24, 2.45) is 11.7 Å². The lowest BCUT2D eigenvalue weighted by Crippen LogP contribution is -2.57. The Morgan fingerprint density at radius 3 is 2.40 bits per heavy atom. The summed E-state index contributed by atoms with van der Waals surface area (Å²) in [5.74, 6) is -2.27. The summed E-state index contributed by atoms with van der Waals surface area (Å²) in [6, 6.07) is 1.40. The molecular formula is C30H37Cl2N5O7S. The monoisotopic (exact) mass is 681 g/mol. The van der Waals surface area contributed by atoms with Crippen molar-refractivity contribution in [2.75, 3.05) is 6.54 Å². The van der Waals surface area contributed by atoms with Gasteiger partial charge in [-0.3, -0.25) is 24.0 Å². The summed E-state index contributed by atoms with van der Waals surface area (Å²) in [5.41, 5.74) is 6.29. The van der Waals surface area contributed by atoms with E-state index in [1.807, 2.05) is 12.2 Å². The summed E-state index contributed by atoms with van der Waals surface area (Å²) in [6.07, 6.45) is 7.09. The van der Waals surface area contributed by atoms with Crippen LogP contribution in [0.15, 0.2) is 24.3 Å². The van der Waals surface area contributed by atoms with Gasteiger partial charge in [-0.05, 0) is 61.8 Å². The molecule has 0 bridgehead atoms. The predicted octanol–water partition coefficient (Wildman–Crippen LogP) is 2.75. The number of rotatable bonds is 4. The van der Waals surface area contributed by atoms with Crippen molar-refractivity contribution in [3.05, 3.63) is 45.5 Å². The van der Waals surface area contributed by atoms with Gasteiger partial charge >= 0.3 is 6.09 Å². The van der Waals surface area contributed by atoms with Gasteiger partial charge in [-0.25, -0.2) is 13.2 Å². The average molecular weight is 683 g/mol. The first-order valence-electron chi connectivity index (χ1n) is 15.4. The fourth-order valence-corrected chi connectivity index (χ4v) is 8.34. The molecule has 1 aromatic carbocycles. The Labute approximate surface area is 272 Å². The first-order chi connectivity index (χ1) is 21.4. The quantitative estimate of drug-likeness (QED) is 0.408. The van der Waals surface area contributed by atoms with E-state index in [4.69, 9.17) is 33.7 Å². The molecule has 5 aliphatic rings. The van der Waals surface area contributed by atoms with Gasteiger partial charge in [-0.15, -0.1) is 0 Å². The van der Waals surface area contributed by atoms with Crippen LogP contribution in [0.3, 0.4) is 0 Å². The van der Waals surface area contributed by atoms with Crippen LogP contribution in [0.1, 0.15) is 68.9 Å². The number of nitrogens with one attached hydrogen (secondary N) is 2. The van der Waals surface area contributed by atoms with Gasteiger partial charge < -0.3 is 20.7 Å². The average Bonchev–Trinajstić information content (AvgIpc) is 3.87. The Bertz CT molecular complexity index is 1520. The Kier molecular flexibility index (Phi) is 8.83. The highest BCUT2D eigenvalue weighted by Gasteiger charge is 2.62. The van der Waals surface area contributed by atoms with E-state index in [9.17, 15) is 27.6 Å². The Balaban J connectivity index is 1.20. The lowest BCUT2D eigenvalue weighted by molar-refractivity contribution is -0.140. The second-order valence-electron chi connectivity index (χ2n) is 12.7. The fraction of sp³-hybridized carbons (Fsp3) is 0.600. The Hall–Kier alpha value is -2.87. The molecule has 2 saturated carbocycles. The molecule has 3 heterocycles. The molecule has 4 N–H and O–H groups in total. The minimum atomic E-state index is -3.85. The van der Waals surface area contributed by atoms with Crippen molar-refractivity contribution in [3.8, 4) is 0 Å². The topological polar surface area (TPSA) is 168 Å². The van der Waals surface area contributed by atoms with Gasteiger partial charge in [0.1, 0.15) is 17.7 Å². The zero-order chi connectivity index (χ0) is 32.1. The number of allylic oxidation sites excluding steroid dienone is 1. The molecule has 45 heavy (non-hydrogen) atoms. The minimum absolute atomic E-state index is 0.0170. The molecular weight excluding hydrogens is 645 g/mol. The maximum atomic E-state index is 13.9. The summed E-state index contributed by atoms with van der Waals surface area (Å²) in [5, 5.41) is 3.16. The van der Waals surface area contributed by atoms with E-state index in [-0.39, 0.29) is 32.5 Å². The number of hydrogen-bond donors (Lipinski definition) is 3. The molecule has 0 radical (unpaired) electrons. The van der Waals surface area contributed by atoms with E-state index < -0.39 is 68.7 Å². The number of hydrogen-bond acceptors (Lipinski definition) is 8. The van der Waals surface area contributed by atoms with Gasteiger partial charge in [-0.1, -0.05) is 48.2 Å². The van der Waals surface area contributed by atoms with Crippen LogP contribution in [0.2, 0.25) is 10.0 Å². The number of halogens is 2. The highest BCUT2D eigenvalue weighted by Crippen LogP contribution is 2.46. The summed E-state index contributed by atoms with van der Waals surface area (Å²) in [7, 11) is -3.85. The lowest BCUT2D eigenvalue weighted by Gasteiger charge is -2.28. The van der Waals surface area contributed by atoms with E-state index in [2.05, 4.69) is 10.0 Å². The number of sulfonamides is 1. The third-order valence-electron chi connectivity index (χ3n) is 9.42. The van der Waals surface area contributed by atoms with Gasteiger partial charge in [0.15, 0.2) is 0 Å². The number of amides is 4. The molecule has 244 valence electrons. The van der Waals surface area contributed by atoms with Crippen LogP contribution >= 0.6 is 23.2 Å². The largest absolute Gasteiger partial charge is 0.444 e. The molecule has 2 aliphatic carbocycles. The minimum Gasteiger partial charge on any atom is -0.444 e. The van der Waals surface area contributed by atoms with Crippen molar-refractivity contribution >= 4 is 57.0 Å². The fourth-order valence-electron chi connectivity index (χ4n) is 6.50. The zero-order valence-corrected chi connectivity index (χ0v) is 27.0. The summed E-state index contributed by atoms with van der Waals surface area (Å²) in [6.45, 7) is 0.347. The molecule has 3 fully saturated rings. The maximum Gasteiger partial charge on any atom is 0.410 e. The number of benzene rings is 1. The molecule has 0 unspecified atom stereocenters. The standard InChI is InChI=1S/C30H37Cl2N5O7S/c31-22-10-11-23(32)21-16-36(15-20(21)22)29(41)44-18-12-25-26(38)34-30(28(40)35-45(42,43)19-8-9-19)13-17(30)6-4-2-1-3-5-7-24(33)27(39)37(25)14-18/h4,6,10-11,17-19,24-25H,1-3,5,7-9,12-16,33H2,(H,34,38)(H,35,40)/t17-,18-,24+,25+,30-/m1/s1. The first-order valence-corrected chi connectivity index (χ1v) is 17.7. The summed E-state index contributed by atoms with van der Waals surface area (Å²) in [4.78, 5) is 56.9. The smallest absolute Gasteiger partial charge is 0.410 e. The molecule has 6 rings (SSSR count). The number of carbonyl (C=O) groups is 4. The highest BCUT2D eigenvalue weighted by molar-refractivity contribution is 7.91. The van der Waals surface area contributed by atoms with Crippen LogP contribution < -0.4 is 15.8 Å². The summed E-state index contributed by atoms with van der Waals surface area (Å²) >= 11 is 12.6. The van der Waals surface area contributed by atoms with Crippen molar-refractivity contribution in [1.82, 2.24) is 19.8 Å². The molecule has 15 heteroatoms. The summed E-state index contributed by atoms with van der Waals surface area (Å²) < 4.78 is 33.2. The van der Waals surface area contributed by atoms with Crippen LogP contribution in [0.4, 0.5) is 4.79 Å². The van der Waals surface area contributed by atoms with Crippen LogP contribution in [0, 0.1) is 5.92 Å². The molecule has 3 aliphatic heterocycles. The number of carbonyl (C=O) groups excluding carboxylic acids is 4. The number of ether oxygens (including phenoxy) is 1. The van der Waals surface area contributed by atoms with Gasteiger partial charge in [0, 0.05) is 22.4 Å². The van der Waals surface area contributed by atoms with E-state index in [0.29, 0.717) is 29.3 Å². The third-order valence-corrected chi connectivity index (χ3v) is 12.0. The molecule has 1 saturated heterocycles. The normalized spacial score (nSPS) is 30.4. The van der Waals surface area contributed by atoms with Crippen LogP contribution in [0.5, 0.6) is 0 Å². The van der Waals surface area contributed by atoms with E-state index >= 15 is 0 Å². The Morgan fingerprint density at radius 2 is 1.73 bits per heavy atom. The van der Waals surface area contributed by atoms with Gasteiger partial charge in [0.2, 0.25) is 21.8 Å². The van der Waals surface area contributed by atoms with Crippen molar-refractivity contribution < 1.29 is 32.3 Å². The van der Waals surface area contributed by atoms with Gasteiger partial charge in [0.25, 0.3) is 5.91 Å². The van der Waals surface area contributed by atoms with E-state index in [1.54, 1.807) is 12.1 Å². The van der Waals surface area contributed by atoms with Crippen molar-refractivity contribution in [1.29, 1.82) is 0 Å². The second-order valence-corrected chi connectivity index (χ2v) is 15.5. The van der Waals surface area contributed by atoms with Crippen LogP contribution in [-0.4, -0.2) is 77.6 Å². The third kappa shape index (κ3) is 6.54. The molecule has 0 spiro atoms. The van der Waals surface area contributed by atoms with Crippen LogP contribution in [-0.2, 0) is 42.2 Å². The van der Waals surface area contributed by atoms with Gasteiger partial charge in [-0.2, -0.15) is 0 Å². The lowest BCUT2D eigenvalue weighted by atomic mass is 10.1. The number of nitrogens with zero attached hydrogens (tertiary/aromatic N) is 2. The first kappa shape index (κ1) is 32.1. The van der Waals surface area contributed by atoms with Crippen molar-refractivity contribution in [3.63, 3.8) is 0 Å². The molecule has 5 atom stereocenters. The number of fused-ring (bicyclic) bond motifs is 3. The van der Waals surface area contributed by atoms with E-state index in [0.717, 1.165) is 36.8 Å². The Morgan fingerprint density at radius 1 is 1.04 bits per heavy atom. The zero-order valence-electron chi connectivity index (χ0n) is 24.7. The predicted molar refractivity (Wildman–Crippen MR) is 165 cm³/mol. The molecule has 1 aromatic rings. The maximum absolute atomic E-state index is 13.9. The molecule has 0 aromatic heterocycles. The van der Waals surface area contributed by atoms with Gasteiger partial charge in [0.05, 0.1) is 30.9 Å². The molecule has 4 amide bonds. The molecule has 12 nitrogen and oxygen atoms in total. The van der Waals surface area contributed by atoms with Crippen molar-refractivity contribution in [2.45, 2.75) is 99.9 Å². The van der Waals surface area contributed by atoms with E-state index in [1.165, 1.54) is 9.80 Å². The number of nitrogens with two attached hydrogens (primary N) is 1. The van der Waals surface area contributed by atoms with Crippen LogP contribution in [0.25, 0.3) is 0 Å². The SMILES string of the molecule is N[C@H]1CCCCCC=C[C@@H]2C[C@@]2(C(=O)NS(=O)(=O)C2CC2)NC(=O)[C@@H]2C[C@@H](OC(=O)N3Cc4c(Cl)ccc(Cl)c4C3)CN2C1=O.